The highest BCUT2D eigenvalue weighted by molar-refractivity contribution is 7.80. The molecule has 11 heteroatoms. The number of carboxylic acids is 1. The third-order valence-corrected chi connectivity index (χ3v) is 5.72. The molecule has 0 saturated carbocycles. The third kappa shape index (κ3) is 11.6. The Morgan fingerprint density at radius 1 is 0.914 bits per heavy atom. The summed E-state index contributed by atoms with van der Waals surface area (Å²) in [6.45, 7) is 4.28. The Labute approximate surface area is 212 Å². The first-order chi connectivity index (χ1) is 16.6. The zero-order valence-corrected chi connectivity index (χ0v) is 21.3. The number of carboxylic acid groups (broad SMARTS) is 1. The van der Waals surface area contributed by atoms with Gasteiger partial charge in [0.25, 0.3) is 0 Å². The van der Waals surface area contributed by atoms with Crippen LogP contribution in [0.3, 0.4) is 0 Å². The molecule has 1 aromatic rings. The maximum atomic E-state index is 13.0. The Hall–Kier alpha value is -2.63. The van der Waals surface area contributed by atoms with E-state index in [1.807, 2.05) is 19.9 Å². The minimum atomic E-state index is -1.19. The van der Waals surface area contributed by atoms with Crippen molar-refractivity contribution in [3.63, 3.8) is 0 Å². The fraction of sp³-hybridized carbons (Fsp3) is 0.583. The van der Waals surface area contributed by atoms with Gasteiger partial charge in [0.05, 0.1) is 6.04 Å². The van der Waals surface area contributed by atoms with Gasteiger partial charge in [-0.05, 0) is 43.7 Å². The molecule has 0 fully saturated rings. The number of benzene rings is 1. The zero-order valence-electron chi connectivity index (χ0n) is 20.4. The van der Waals surface area contributed by atoms with Crippen LogP contribution in [0.4, 0.5) is 0 Å². The maximum absolute atomic E-state index is 13.0. The van der Waals surface area contributed by atoms with Gasteiger partial charge in [-0.1, -0.05) is 44.2 Å². The average molecular weight is 510 g/mol. The molecular formula is C24H39N5O5S. The number of unbranched alkanes of at least 4 members (excludes halogenated alkanes) is 1. The summed E-state index contributed by atoms with van der Waals surface area (Å²) >= 11 is 4.15. The summed E-state index contributed by atoms with van der Waals surface area (Å²) in [5.41, 5.74) is 12.2. The van der Waals surface area contributed by atoms with Gasteiger partial charge in [-0.25, -0.2) is 4.79 Å². The first kappa shape index (κ1) is 30.4. The van der Waals surface area contributed by atoms with E-state index in [4.69, 9.17) is 11.5 Å². The molecule has 1 aromatic carbocycles. The second-order valence-corrected chi connectivity index (χ2v) is 9.28. The number of hydrogen-bond acceptors (Lipinski definition) is 7. The fourth-order valence-corrected chi connectivity index (χ4v) is 3.70. The van der Waals surface area contributed by atoms with Crippen LogP contribution in [0.5, 0.6) is 0 Å². The van der Waals surface area contributed by atoms with Crippen LogP contribution in [0.25, 0.3) is 0 Å². The molecule has 0 radical (unpaired) electrons. The zero-order chi connectivity index (χ0) is 26.4. The van der Waals surface area contributed by atoms with E-state index in [2.05, 4.69) is 28.6 Å². The van der Waals surface area contributed by atoms with Crippen molar-refractivity contribution in [2.24, 2.45) is 17.4 Å². The van der Waals surface area contributed by atoms with Crippen LogP contribution >= 0.6 is 12.6 Å². The normalized spacial score (nSPS) is 14.5. The minimum absolute atomic E-state index is 0.00509. The molecule has 0 aliphatic rings. The third-order valence-electron chi connectivity index (χ3n) is 5.35. The summed E-state index contributed by atoms with van der Waals surface area (Å²) in [6.07, 6.45) is 1.97. The SMILES string of the molecule is CC(C)CC(N)C(=O)NC(CS)C(=O)NC(CCCCN)C(=O)NC(Cc1ccccc1)C(=O)O. The fourth-order valence-electron chi connectivity index (χ4n) is 3.44. The van der Waals surface area contributed by atoms with Crippen LogP contribution in [0.15, 0.2) is 30.3 Å². The first-order valence-corrected chi connectivity index (χ1v) is 12.5. The number of nitrogens with two attached hydrogens (primary N) is 2. The lowest BCUT2D eigenvalue weighted by Gasteiger charge is -2.25. The van der Waals surface area contributed by atoms with Crippen molar-refractivity contribution in [3.8, 4) is 0 Å². The smallest absolute Gasteiger partial charge is 0.326 e. The Morgan fingerprint density at radius 3 is 2.03 bits per heavy atom. The molecule has 35 heavy (non-hydrogen) atoms. The van der Waals surface area contributed by atoms with E-state index >= 15 is 0 Å². The maximum Gasteiger partial charge on any atom is 0.326 e. The van der Waals surface area contributed by atoms with Gasteiger partial charge >= 0.3 is 5.97 Å². The van der Waals surface area contributed by atoms with Crippen LogP contribution in [0, 0.1) is 5.92 Å². The highest BCUT2D eigenvalue weighted by Gasteiger charge is 2.29. The van der Waals surface area contributed by atoms with E-state index in [0.717, 1.165) is 5.56 Å². The number of carbonyl (C=O) groups excluding carboxylic acids is 3. The summed E-state index contributed by atoms with van der Waals surface area (Å²) in [4.78, 5) is 50.0. The molecule has 0 spiro atoms. The average Bonchev–Trinajstić information content (AvgIpc) is 2.81. The molecular weight excluding hydrogens is 470 g/mol. The quantitative estimate of drug-likeness (QED) is 0.123. The summed E-state index contributed by atoms with van der Waals surface area (Å²) < 4.78 is 0. The van der Waals surface area contributed by atoms with Gasteiger partial charge < -0.3 is 32.5 Å². The summed E-state index contributed by atoms with van der Waals surface area (Å²) in [5.74, 6) is -2.70. The van der Waals surface area contributed by atoms with Crippen LogP contribution in [0.1, 0.15) is 45.1 Å². The van der Waals surface area contributed by atoms with Crippen LogP contribution in [-0.2, 0) is 25.6 Å². The molecule has 0 heterocycles. The lowest BCUT2D eigenvalue weighted by Crippen LogP contribution is -2.57. The van der Waals surface area contributed by atoms with Crippen LogP contribution in [0.2, 0.25) is 0 Å². The number of rotatable bonds is 16. The van der Waals surface area contributed by atoms with E-state index in [1.54, 1.807) is 24.3 Å². The topological polar surface area (TPSA) is 177 Å². The van der Waals surface area contributed by atoms with Crippen molar-refractivity contribution in [3.05, 3.63) is 35.9 Å². The standard InChI is InChI=1S/C24H39N5O5S/c1-15(2)12-17(26)21(30)29-20(14-35)23(32)27-18(10-6-7-11-25)22(31)28-19(24(33)34)13-16-8-4-3-5-9-16/h3-5,8-9,15,17-20,35H,6-7,10-14,25-26H2,1-2H3,(H,27,32)(H,28,31)(H,29,30)(H,33,34). The van der Waals surface area contributed by atoms with Crippen molar-refractivity contribution in [1.82, 2.24) is 16.0 Å². The number of aliphatic carboxylic acids is 1. The Kier molecular flexibility index (Phi) is 14.0. The lowest BCUT2D eigenvalue weighted by molar-refractivity contribution is -0.142. The highest BCUT2D eigenvalue weighted by Crippen LogP contribution is 2.07. The van der Waals surface area contributed by atoms with Gasteiger partial charge in [0.15, 0.2) is 0 Å². The molecule has 4 atom stereocenters. The van der Waals surface area contributed by atoms with Crippen molar-refractivity contribution >= 4 is 36.3 Å². The molecule has 0 aromatic heterocycles. The second-order valence-electron chi connectivity index (χ2n) is 8.91. The molecule has 0 saturated heterocycles. The number of carbonyl (C=O) groups is 4. The number of amides is 3. The van der Waals surface area contributed by atoms with Crippen molar-refractivity contribution in [2.75, 3.05) is 12.3 Å². The van der Waals surface area contributed by atoms with Crippen molar-refractivity contribution in [2.45, 2.75) is 70.1 Å². The van der Waals surface area contributed by atoms with E-state index in [0.29, 0.717) is 25.8 Å². The Bertz CT molecular complexity index is 824. The van der Waals surface area contributed by atoms with Crippen LogP contribution in [-0.4, -0.2) is 65.3 Å². The van der Waals surface area contributed by atoms with E-state index in [9.17, 15) is 24.3 Å². The summed E-state index contributed by atoms with van der Waals surface area (Å²) in [7, 11) is 0. The Morgan fingerprint density at radius 2 is 1.49 bits per heavy atom. The molecule has 8 N–H and O–H groups in total. The lowest BCUT2D eigenvalue weighted by atomic mass is 10.0. The minimum Gasteiger partial charge on any atom is -0.480 e. The van der Waals surface area contributed by atoms with Gasteiger partial charge in [-0.3, -0.25) is 14.4 Å². The largest absolute Gasteiger partial charge is 0.480 e. The predicted molar refractivity (Wildman–Crippen MR) is 138 cm³/mol. The molecule has 3 amide bonds. The molecule has 10 nitrogen and oxygen atoms in total. The number of nitrogens with one attached hydrogen (secondary N) is 3. The predicted octanol–water partition coefficient (Wildman–Crippen LogP) is 0.200. The Balaban J connectivity index is 2.89. The monoisotopic (exact) mass is 509 g/mol. The second kappa shape index (κ2) is 16.1. The van der Waals surface area contributed by atoms with E-state index in [1.165, 1.54) is 0 Å². The first-order valence-electron chi connectivity index (χ1n) is 11.8. The highest BCUT2D eigenvalue weighted by atomic mass is 32.1. The van der Waals surface area contributed by atoms with Gasteiger partial charge in [0.2, 0.25) is 17.7 Å². The van der Waals surface area contributed by atoms with Crippen molar-refractivity contribution in [1.29, 1.82) is 0 Å². The van der Waals surface area contributed by atoms with E-state index < -0.39 is 47.9 Å². The van der Waals surface area contributed by atoms with Crippen LogP contribution < -0.4 is 27.4 Å². The molecule has 0 aliphatic heterocycles. The van der Waals surface area contributed by atoms with Gasteiger partial charge in [-0.2, -0.15) is 12.6 Å². The summed E-state index contributed by atoms with van der Waals surface area (Å²) in [5, 5.41) is 17.3. The summed E-state index contributed by atoms with van der Waals surface area (Å²) in [6, 6.07) is 4.96. The molecule has 4 unspecified atom stereocenters. The molecule has 1 rings (SSSR count). The molecule has 0 aliphatic carbocycles. The van der Waals surface area contributed by atoms with E-state index in [-0.39, 0.29) is 24.5 Å². The molecule has 0 bridgehead atoms. The number of hydrogen-bond donors (Lipinski definition) is 7. The van der Waals surface area contributed by atoms with Gasteiger partial charge in [-0.15, -0.1) is 0 Å². The number of thiol groups is 1. The van der Waals surface area contributed by atoms with Gasteiger partial charge in [0, 0.05) is 12.2 Å². The van der Waals surface area contributed by atoms with Crippen molar-refractivity contribution < 1.29 is 24.3 Å². The van der Waals surface area contributed by atoms with Gasteiger partial charge in [0.1, 0.15) is 18.1 Å². The molecule has 196 valence electrons.